The molecule has 0 atom stereocenters. The minimum atomic E-state index is -0.0964. The summed E-state index contributed by atoms with van der Waals surface area (Å²) in [6.45, 7) is 0. The van der Waals surface area contributed by atoms with Gasteiger partial charge in [-0.1, -0.05) is 42.5 Å². The van der Waals surface area contributed by atoms with Crippen LogP contribution in [0.4, 0.5) is 0 Å². The molecule has 0 N–H and O–H groups in total. The van der Waals surface area contributed by atoms with Gasteiger partial charge in [0.2, 0.25) is 5.43 Å². The lowest BCUT2D eigenvalue weighted by Crippen LogP contribution is -2.06. The van der Waals surface area contributed by atoms with E-state index in [1.165, 1.54) is 6.26 Å². The summed E-state index contributed by atoms with van der Waals surface area (Å²) in [6.07, 6.45) is 5.12. The molecule has 1 heterocycles. The third kappa shape index (κ3) is 2.58. The highest BCUT2D eigenvalue weighted by Crippen LogP contribution is 2.22. The lowest BCUT2D eigenvalue weighted by atomic mass is 10.1. The van der Waals surface area contributed by atoms with Crippen LogP contribution in [0.5, 0.6) is 5.75 Å². The predicted octanol–water partition coefficient (Wildman–Crippen LogP) is 3.97. The normalized spacial score (nSPS) is 11.1. The summed E-state index contributed by atoms with van der Waals surface area (Å²) >= 11 is 0. The van der Waals surface area contributed by atoms with Crippen LogP contribution >= 0.6 is 0 Å². The van der Waals surface area contributed by atoms with Crippen molar-refractivity contribution < 1.29 is 9.15 Å². The van der Waals surface area contributed by atoms with E-state index in [4.69, 9.17) is 9.15 Å². The first-order chi connectivity index (χ1) is 10.3. The number of ether oxygens (including phenoxy) is 1. The topological polar surface area (TPSA) is 39.4 Å². The van der Waals surface area contributed by atoms with Crippen LogP contribution in [0.3, 0.4) is 0 Å². The Morgan fingerprint density at radius 3 is 2.57 bits per heavy atom. The van der Waals surface area contributed by atoms with Crippen molar-refractivity contribution in [1.82, 2.24) is 0 Å². The van der Waals surface area contributed by atoms with Crippen LogP contribution in [0.1, 0.15) is 11.1 Å². The lowest BCUT2D eigenvalue weighted by Gasteiger charge is -2.04. The molecular formula is C18H14O3. The fraction of sp³-hybridized carbons (Fsp3) is 0.0556. The molecule has 3 heteroatoms. The molecule has 21 heavy (non-hydrogen) atoms. The Labute approximate surface area is 122 Å². The van der Waals surface area contributed by atoms with Gasteiger partial charge in [-0.3, -0.25) is 4.79 Å². The van der Waals surface area contributed by atoms with Crippen LogP contribution in [-0.2, 0) is 0 Å². The van der Waals surface area contributed by atoms with Crippen molar-refractivity contribution in [2.24, 2.45) is 0 Å². The second-order valence-electron chi connectivity index (χ2n) is 4.60. The fourth-order valence-corrected chi connectivity index (χ4v) is 2.19. The van der Waals surface area contributed by atoms with Crippen LogP contribution in [0.15, 0.2) is 64.0 Å². The number of hydrogen-bond acceptors (Lipinski definition) is 3. The second-order valence-corrected chi connectivity index (χ2v) is 4.60. The van der Waals surface area contributed by atoms with Crippen LogP contribution in [-0.4, -0.2) is 7.11 Å². The minimum Gasteiger partial charge on any atom is -0.496 e. The van der Waals surface area contributed by atoms with E-state index >= 15 is 0 Å². The van der Waals surface area contributed by atoms with Crippen LogP contribution in [0, 0.1) is 0 Å². The monoisotopic (exact) mass is 278 g/mol. The largest absolute Gasteiger partial charge is 0.496 e. The van der Waals surface area contributed by atoms with Gasteiger partial charge in [-0.25, -0.2) is 0 Å². The highest BCUT2D eigenvalue weighted by Gasteiger charge is 2.09. The number of rotatable bonds is 3. The molecule has 0 radical (unpaired) electrons. The number of hydrogen-bond donors (Lipinski definition) is 0. The van der Waals surface area contributed by atoms with Crippen molar-refractivity contribution in [2.75, 3.05) is 7.11 Å². The highest BCUT2D eigenvalue weighted by atomic mass is 16.5. The predicted molar refractivity (Wildman–Crippen MR) is 84.4 cm³/mol. The minimum absolute atomic E-state index is 0.0964. The quantitative estimate of drug-likeness (QED) is 0.727. The molecule has 104 valence electrons. The summed E-state index contributed by atoms with van der Waals surface area (Å²) in [5.41, 5.74) is 1.95. The number of methoxy groups -OCH3 is 1. The van der Waals surface area contributed by atoms with Crippen molar-refractivity contribution in [3.05, 3.63) is 76.1 Å². The zero-order valence-corrected chi connectivity index (χ0v) is 11.6. The Morgan fingerprint density at radius 1 is 1.00 bits per heavy atom. The van der Waals surface area contributed by atoms with E-state index in [2.05, 4.69) is 0 Å². The number of fused-ring (bicyclic) bond motifs is 1. The lowest BCUT2D eigenvalue weighted by molar-refractivity contribution is 0.418. The van der Waals surface area contributed by atoms with Crippen molar-refractivity contribution in [3.8, 4) is 5.75 Å². The molecule has 1 aromatic heterocycles. The van der Waals surface area contributed by atoms with Gasteiger partial charge in [0.25, 0.3) is 0 Å². The van der Waals surface area contributed by atoms with Gasteiger partial charge in [-0.05, 0) is 23.8 Å². The molecule has 0 unspecified atom stereocenters. The first-order valence-electron chi connectivity index (χ1n) is 6.61. The van der Waals surface area contributed by atoms with E-state index in [1.54, 1.807) is 31.4 Å². The average Bonchev–Trinajstić information content (AvgIpc) is 2.54. The Morgan fingerprint density at radius 2 is 1.81 bits per heavy atom. The van der Waals surface area contributed by atoms with Gasteiger partial charge in [0.05, 0.1) is 12.7 Å². The molecule has 0 saturated heterocycles. The molecule has 2 aromatic carbocycles. The van der Waals surface area contributed by atoms with Gasteiger partial charge in [-0.2, -0.15) is 0 Å². The molecule has 0 aliphatic carbocycles. The average molecular weight is 278 g/mol. The smallest absolute Gasteiger partial charge is 0.203 e. The molecule has 0 aliphatic heterocycles. The second kappa shape index (κ2) is 5.67. The van der Waals surface area contributed by atoms with Crippen LogP contribution in [0.25, 0.3) is 23.1 Å². The van der Waals surface area contributed by atoms with Gasteiger partial charge in [0.1, 0.15) is 23.0 Å². The maximum atomic E-state index is 12.5. The summed E-state index contributed by atoms with van der Waals surface area (Å²) in [5.74, 6) is 0.524. The van der Waals surface area contributed by atoms with E-state index in [0.717, 1.165) is 5.56 Å². The Hall–Kier alpha value is -2.81. The van der Waals surface area contributed by atoms with Gasteiger partial charge in [0, 0.05) is 0 Å². The molecule has 3 aromatic rings. The zero-order chi connectivity index (χ0) is 14.7. The highest BCUT2D eigenvalue weighted by molar-refractivity contribution is 5.85. The van der Waals surface area contributed by atoms with E-state index in [1.807, 2.05) is 36.4 Å². The molecule has 0 bridgehead atoms. The molecule has 0 fully saturated rings. The van der Waals surface area contributed by atoms with E-state index < -0.39 is 0 Å². The Kier molecular flexibility index (Phi) is 3.56. The SMILES string of the molecule is COc1cccc2occ(/C=C/c3ccccc3)c(=O)c12. The van der Waals surface area contributed by atoms with Crippen molar-refractivity contribution in [3.63, 3.8) is 0 Å². The van der Waals surface area contributed by atoms with Gasteiger partial charge < -0.3 is 9.15 Å². The van der Waals surface area contributed by atoms with E-state index in [0.29, 0.717) is 22.3 Å². The van der Waals surface area contributed by atoms with Crippen LogP contribution < -0.4 is 10.2 Å². The van der Waals surface area contributed by atoms with Gasteiger partial charge in [0.15, 0.2) is 0 Å². The molecule has 0 saturated carbocycles. The summed E-state index contributed by atoms with van der Waals surface area (Å²) < 4.78 is 10.8. The molecule has 3 rings (SSSR count). The van der Waals surface area contributed by atoms with Crippen LogP contribution in [0.2, 0.25) is 0 Å². The Balaban J connectivity index is 2.10. The third-order valence-corrected chi connectivity index (χ3v) is 3.26. The summed E-state index contributed by atoms with van der Waals surface area (Å²) in [7, 11) is 1.54. The summed E-state index contributed by atoms with van der Waals surface area (Å²) in [6, 6.07) is 15.1. The first-order valence-corrected chi connectivity index (χ1v) is 6.61. The van der Waals surface area contributed by atoms with E-state index in [-0.39, 0.29) is 5.43 Å². The summed E-state index contributed by atoms with van der Waals surface area (Å²) in [4.78, 5) is 12.5. The maximum Gasteiger partial charge on any atom is 0.203 e. The molecular weight excluding hydrogens is 264 g/mol. The molecule has 0 spiro atoms. The van der Waals surface area contributed by atoms with Crippen molar-refractivity contribution >= 4 is 23.1 Å². The van der Waals surface area contributed by atoms with Crippen molar-refractivity contribution in [1.29, 1.82) is 0 Å². The third-order valence-electron chi connectivity index (χ3n) is 3.26. The first kappa shape index (κ1) is 13.2. The molecule has 0 amide bonds. The molecule has 0 aliphatic rings. The van der Waals surface area contributed by atoms with Gasteiger partial charge >= 0.3 is 0 Å². The maximum absolute atomic E-state index is 12.5. The summed E-state index contributed by atoms with van der Waals surface area (Å²) in [5, 5.41) is 0.468. The van der Waals surface area contributed by atoms with Crippen molar-refractivity contribution in [2.45, 2.75) is 0 Å². The van der Waals surface area contributed by atoms with E-state index in [9.17, 15) is 4.79 Å². The zero-order valence-electron chi connectivity index (χ0n) is 11.6. The molecule has 3 nitrogen and oxygen atoms in total. The van der Waals surface area contributed by atoms with Gasteiger partial charge in [-0.15, -0.1) is 0 Å². The number of benzene rings is 2. The fourth-order valence-electron chi connectivity index (χ4n) is 2.19. The standard InChI is InChI=1S/C18H14O3/c1-20-15-8-5-9-16-17(15)18(19)14(12-21-16)11-10-13-6-3-2-4-7-13/h2-12H,1H3/b11-10+. The Bertz CT molecular complexity index is 845.